The lowest BCUT2D eigenvalue weighted by Crippen LogP contribution is -2.34. The standard InChI is InChI=1S/C9H12BrNO/c10-8-4-5-12-9(8)6-11-7-2-1-3-7/h4-5,7,11H,1-3,6H2. The van der Waals surface area contributed by atoms with E-state index >= 15 is 0 Å². The summed E-state index contributed by atoms with van der Waals surface area (Å²) in [5.74, 6) is 1.00. The Morgan fingerprint density at radius 1 is 1.58 bits per heavy atom. The van der Waals surface area contributed by atoms with Crippen LogP contribution in [0.2, 0.25) is 0 Å². The van der Waals surface area contributed by atoms with E-state index in [0.717, 1.165) is 22.8 Å². The van der Waals surface area contributed by atoms with Crippen molar-refractivity contribution in [1.29, 1.82) is 0 Å². The molecule has 0 bridgehead atoms. The Balaban J connectivity index is 1.82. The summed E-state index contributed by atoms with van der Waals surface area (Å²) in [4.78, 5) is 0. The van der Waals surface area contributed by atoms with Crippen molar-refractivity contribution in [3.63, 3.8) is 0 Å². The summed E-state index contributed by atoms with van der Waals surface area (Å²) in [6, 6.07) is 2.65. The van der Waals surface area contributed by atoms with Crippen LogP contribution in [0.15, 0.2) is 21.2 Å². The van der Waals surface area contributed by atoms with Crippen LogP contribution in [0.4, 0.5) is 0 Å². The molecule has 2 rings (SSSR count). The molecule has 3 heteroatoms. The second-order valence-corrected chi connectivity index (χ2v) is 4.05. The van der Waals surface area contributed by atoms with Crippen LogP contribution in [0.25, 0.3) is 0 Å². The van der Waals surface area contributed by atoms with E-state index in [-0.39, 0.29) is 0 Å². The molecule has 1 fully saturated rings. The number of nitrogens with one attached hydrogen (secondary N) is 1. The minimum absolute atomic E-state index is 0.724. The quantitative estimate of drug-likeness (QED) is 0.863. The van der Waals surface area contributed by atoms with Crippen molar-refractivity contribution in [3.05, 3.63) is 22.6 Å². The zero-order valence-corrected chi connectivity index (χ0v) is 8.43. The largest absolute Gasteiger partial charge is 0.467 e. The fraction of sp³-hybridized carbons (Fsp3) is 0.556. The molecule has 2 nitrogen and oxygen atoms in total. The average molecular weight is 230 g/mol. The van der Waals surface area contributed by atoms with Crippen LogP contribution in [0.5, 0.6) is 0 Å². The molecule has 12 heavy (non-hydrogen) atoms. The SMILES string of the molecule is Brc1ccoc1CNC1CCC1. The van der Waals surface area contributed by atoms with Gasteiger partial charge < -0.3 is 9.73 Å². The number of hydrogen-bond donors (Lipinski definition) is 1. The second kappa shape index (κ2) is 3.62. The van der Waals surface area contributed by atoms with E-state index in [1.54, 1.807) is 6.26 Å². The first-order valence-corrected chi connectivity index (χ1v) is 5.11. The Hall–Kier alpha value is -0.280. The van der Waals surface area contributed by atoms with Gasteiger partial charge >= 0.3 is 0 Å². The molecular weight excluding hydrogens is 218 g/mol. The van der Waals surface area contributed by atoms with Gasteiger partial charge in [0.15, 0.2) is 0 Å². The first kappa shape index (κ1) is 8.32. The fourth-order valence-corrected chi connectivity index (χ4v) is 1.64. The number of halogens is 1. The molecule has 1 aliphatic rings. The van der Waals surface area contributed by atoms with Gasteiger partial charge in [0.25, 0.3) is 0 Å². The molecule has 0 aromatic carbocycles. The first-order valence-electron chi connectivity index (χ1n) is 4.31. The monoisotopic (exact) mass is 229 g/mol. The Morgan fingerprint density at radius 2 is 2.42 bits per heavy atom. The van der Waals surface area contributed by atoms with Crippen LogP contribution in [-0.2, 0) is 6.54 Å². The third kappa shape index (κ3) is 1.72. The molecule has 0 radical (unpaired) electrons. The highest BCUT2D eigenvalue weighted by atomic mass is 79.9. The van der Waals surface area contributed by atoms with Gasteiger partial charge in [0.1, 0.15) is 5.76 Å². The van der Waals surface area contributed by atoms with Crippen LogP contribution in [0.3, 0.4) is 0 Å². The predicted molar refractivity (Wildman–Crippen MR) is 50.9 cm³/mol. The van der Waals surface area contributed by atoms with Crippen LogP contribution >= 0.6 is 15.9 Å². The Kier molecular flexibility index (Phi) is 2.51. The van der Waals surface area contributed by atoms with Crippen molar-refractivity contribution in [3.8, 4) is 0 Å². The van der Waals surface area contributed by atoms with Gasteiger partial charge in [0.05, 0.1) is 17.3 Å². The van der Waals surface area contributed by atoms with Crippen LogP contribution in [0, 0.1) is 0 Å². The third-order valence-corrected chi connectivity index (χ3v) is 3.05. The van der Waals surface area contributed by atoms with Gasteiger partial charge in [-0.15, -0.1) is 0 Å². The highest BCUT2D eigenvalue weighted by Crippen LogP contribution is 2.21. The topological polar surface area (TPSA) is 25.2 Å². The maximum absolute atomic E-state index is 5.27. The summed E-state index contributed by atoms with van der Waals surface area (Å²) < 4.78 is 6.34. The normalized spacial score (nSPS) is 17.8. The molecule has 1 aromatic heterocycles. The van der Waals surface area contributed by atoms with E-state index in [9.17, 15) is 0 Å². The summed E-state index contributed by atoms with van der Waals surface area (Å²) in [7, 11) is 0. The molecule has 1 saturated carbocycles. The summed E-state index contributed by atoms with van der Waals surface area (Å²) in [5, 5.41) is 3.44. The highest BCUT2D eigenvalue weighted by molar-refractivity contribution is 9.10. The molecule has 0 spiro atoms. The molecule has 0 atom stereocenters. The van der Waals surface area contributed by atoms with E-state index in [2.05, 4.69) is 21.2 Å². The summed E-state index contributed by atoms with van der Waals surface area (Å²) in [6.45, 7) is 0.845. The van der Waals surface area contributed by atoms with Crippen molar-refractivity contribution < 1.29 is 4.42 Å². The molecular formula is C9H12BrNO. The van der Waals surface area contributed by atoms with Gasteiger partial charge in [0.2, 0.25) is 0 Å². The van der Waals surface area contributed by atoms with Crippen LogP contribution < -0.4 is 5.32 Å². The fourth-order valence-electron chi connectivity index (χ4n) is 1.30. The molecule has 1 aromatic rings. The second-order valence-electron chi connectivity index (χ2n) is 3.20. The Labute approximate surface area is 80.5 Å². The highest BCUT2D eigenvalue weighted by Gasteiger charge is 2.17. The van der Waals surface area contributed by atoms with Gasteiger partial charge in [-0.2, -0.15) is 0 Å². The minimum atomic E-state index is 0.724. The van der Waals surface area contributed by atoms with Gasteiger partial charge in [-0.3, -0.25) is 0 Å². The average Bonchev–Trinajstić information content (AvgIpc) is 2.33. The van der Waals surface area contributed by atoms with Crippen molar-refractivity contribution in [1.82, 2.24) is 5.32 Å². The van der Waals surface area contributed by atoms with Crippen molar-refractivity contribution in [2.45, 2.75) is 31.8 Å². The Morgan fingerprint density at radius 3 is 2.92 bits per heavy atom. The lowest BCUT2D eigenvalue weighted by Gasteiger charge is -2.26. The molecule has 1 heterocycles. The maximum atomic E-state index is 5.27. The van der Waals surface area contributed by atoms with E-state index in [1.807, 2.05) is 6.07 Å². The third-order valence-electron chi connectivity index (χ3n) is 2.35. The molecule has 1 aliphatic carbocycles. The molecule has 0 saturated heterocycles. The predicted octanol–water partition coefficient (Wildman–Crippen LogP) is 2.68. The van der Waals surface area contributed by atoms with E-state index < -0.39 is 0 Å². The van der Waals surface area contributed by atoms with Gasteiger partial charge in [-0.25, -0.2) is 0 Å². The zero-order valence-electron chi connectivity index (χ0n) is 6.85. The lowest BCUT2D eigenvalue weighted by molar-refractivity contribution is 0.324. The molecule has 0 aliphatic heterocycles. The molecule has 0 unspecified atom stereocenters. The number of hydrogen-bond acceptors (Lipinski definition) is 2. The van der Waals surface area contributed by atoms with Gasteiger partial charge in [-0.05, 0) is 34.8 Å². The minimum Gasteiger partial charge on any atom is -0.467 e. The zero-order chi connectivity index (χ0) is 8.39. The summed E-state index contributed by atoms with van der Waals surface area (Å²) >= 11 is 3.42. The number of furan rings is 1. The Bertz CT molecular complexity index is 255. The van der Waals surface area contributed by atoms with Gasteiger partial charge in [-0.1, -0.05) is 6.42 Å². The summed E-state index contributed by atoms with van der Waals surface area (Å²) in [5.41, 5.74) is 0. The van der Waals surface area contributed by atoms with Crippen LogP contribution in [-0.4, -0.2) is 6.04 Å². The van der Waals surface area contributed by atoms with E-state index in [0.29, 0.717) is 0 Å². The van der Waals surface area contributed by atoms with Crippen molar-refractivity contribution in [2.24, 2.45) is 0 Å². The van der Waals surface area contributed by atoms with E-state index in [4.69, 9.17) is 4.42 Å². The molecule has 66 valence electrons. The summed E-state index contributed by atoms with van der Waals surface area (Å²) in [6.07, 6.45) is 5.72. The number of rotatable bonds is 3. The van der Waals surface area contributed by atoms with Gasteiger partial charge in [0, 0.05) is 6.04 Å². The smallest absolute Gasteiger partial charge is 0.131 e. The van der Waals surface area contributed by atoms with Crippen LogP contribution in [0.1, 0.15) is 25.0 Å². The molecule has 0 amide bonds. The van der Waals surface area contributed by atoms with Crippen molar-refractivity contribution >= 4 is 15.9 Å². The first-order chi connectivity index (χ1) is 5.86. The lowest BCUT2D eigenvalue weighted by atomic mass is 9.93. The maximum Gasteiger partial charge on any atom is 0.131 e. The van der Waals surface area contributed by atoms with Crippen molar-refractivity contribution in [2.75, 3.05) is 0 Å². The van der Waals surface area contributed by atoms with E-state index in [1.165, 1.54) is 19.3 Å². The molecule has 1 N–H and O–H groups in total.